The molecule has 0 aliphatic carbocycles. The molecular formula is C12H16ClN3O2. The van der Waals surface area contributed by atoms with E-state index in [2.05, 4.69) is 14.9 Å². The average Bonchev–Trinajstić information content (AvgIpc) is 2.68. The highest BCUT2D eigenvalue weighted by molar-refractivity contribution is 6.29. The third kappa shape index (κ3) is 2.43. The van der Waals surface area contributed by atoms with E-state index in [1.165, 1.54) is 0 Å². The third-order valence-corrected chi connectivity index (χ3v) is 3.56. The first-order valence-corrected chi connectivity index (χ1v) is 6.55. The summed E-state index contributed by atoms with van der Waals surface area (Å²) in [6, 6.07) is 1.81. The number of nitrogens with zero attached hydrogens (tertiary/aromatic N) is 3. The summed E-state index contributed by atoms with van der Waals surface area (Å²) in [6.45, 7) is 2.15. The van der Waals surface area contributed by atoms with E-state index in [0.717, 1.165) is 31.7 Å². The molecule has 98 valence electrons. The number of methoxy groups -OCH3 is 1. The molecule has 2 bridgehead atoms. The SMILES string of the molecule is COCc1nc(Cl)cc(N2CC3CCC(C2)O3)n1. The fourth-order valence-corrected chi connectivity index (χ4v) is 2.80. The van der Waals surface area contributed by atoms with E-state index in [9.17, 15) is 0 Å². The van der Waals surface area contributed by atoms with Gasteiger partial charge >= 0.3 is 0 Å². The van der Waals surface area contributed by atoms with Gasteiger partial charge in [0.1, 0.15) is 17.6 Å². The van der Waals surface area contributed by atoms with Crippen LogP contribution >= 0.6 is 11.6 Å². The van der Waals surface area contributed by atoms with Crippen LogP contribution in [0.15, 0.2) is 6.07 Å². The van der Waals surface area contributed by atoms with Crippen LogP contribution in [0.5, 0.6) is 0 Å². The smallest absolute Gasteiger partial charge is 0.158 e. The molecule has 6 heteroatoms. The zero-order chi connectivity index (χ0) is 12.5. The number of aromatic nitrogens is 2. The van der Waals surface area contributed by atoms with Gasteiger partial charge in [0.25, 0.3) is 0 Å². The Morgan fingerprint density at radius 3 is 2.78 bits per heavy atom. The van der Waals surface area contributed by atoms with Gasteiger partial charge in [-0.25, -0.2) is 9.97 Å². The quantitative estimate of drug-likeness (QED) is 0.781. The van der Waals surface area contributed by atoms with Crippen molar-refractivity contribution in [2.24, 2.45) is 0 Å². The minimum absolute atomic E-state index is 0.336. The summed E-state index contributed by atoms with van der Waals surface area (Å²) in [7, 11) is 1.62. The lowest BCUT2D eigenvalue weighted by Crippen LogP contribution is -2.43. The summed E-state index contributed by atoms with van der Waals surface area (Å²) in [4.78, 5) is 10.9. The van der Waals surface area contributed by atoms with Crippen LogP contribution < -0.4 is 4.90 Å². The molecule has 2 fully saturated rings. The van der Waals surface area contributed by atoms with Crippen molar-refractivity contribution in [2.45, 2.75) is 31.7 Å². The first kappa shape index (κ1) is 12.1. The fourth-order valence-electron chi connectivity index (χ4n) is 2.61. The Kier molecular flexibility index (Phi) is 3.37. The maximum absolute atomic E-state index is 6.03. The van der Waals surface area contributed by atoms with Crippen LogP contribution in [0.3, 0.4) is 0 Å². The van der Waals surface area contributed by atoms with Crippen LogP contribution in [0, 0.1) is 0 Å². The van der Waals surface area contributed by atoms with Crippen molar-refractivity contribution < 1.29 is 9.47 Å². The van der Waals surface area contributed by atoms with Crippen LogP contribution in [0.25, 0.3) is 0 Å². The number of rotatable bonds is 3. The molecule has 18 heavy (non-hydrogen) atoms. The Morgan fingerprint density at radius 1 is 1.39 bits per heavy atom. The van der Waals surface area contributed by atoms with Crippen molar-refractivity contribution in [1.82, 2.24) is 9.97 Å². The molecule has 0 radical (unpaired) electrons. The Morgan fingerprint density at radius 2 is 2.11 bits per heavy atom. The summed E-state index contributed by atoms with van der Waals surface area (Å²) >= 11 is 6.03. The zero-order valence-electron chi connectivity index (χ0n) is 10.3. The van der Waals surface area contributed by atoms with Gasteiger partial charge in [0.05, 0.1) is 12.2 Å². The van der Waals surface area contributed by atoms with Crippen molar-refractivity contribution >= 4 is 17.4 Å². The van der Waals surface area contributed by atoms with Crippen LogP contribution in [-0.4, -0.2) is 42.4 Å². The van der Waals surface area contributed by atoms with E-state index >= 15 is 0 Å². The first-order valence-electron chi connectivity index (χ1n) is 6.17. The number of hydrogen-bond acceptors (Lipinski definition) is 5. The van der Waals surface area contributed by atoms with Crippen molar-refractivity contribution in [3.63, 3.8) is 0 Å². The number of ether oxygens (including phenoxy) is 2. The summed E-state index contributed by atoms with van der Waals surface area (Å²) in [6.07, 6.45) is 2.96. The van der Waals surface area contributed by atoms with Gasteiger partial charge in [0.2, 0.25) is 0 Å². The lowest BCUT2D eigenvalue weighted by Gasteiger charge is -2.33. The van der Waals surface area contributed by atoms with Crippen molar-refractivity contribution in [3.8, 4) is 0 Å². The molecule has 2 atom stereocenters. The fraction of sp³-hybridized carbons (Fsp3) is 0.667. The van der Waals surface area contributed by atoms with Gasteiger partial charge in [-0.15, -0.1) is 0 Å². The number of hydrogen-bond donors (Lipinski definition) is 0. The monoisotopic (exact) mass is 269 g/mol. The van der Waals surface area contributed by atoms with Gasteiger partial charge in [-0.3, -0.25) is 0 Å². The van der Waals surface area contributed by atoms with E-state index in [1.807, 2.05) is 6.07 Å². The van der Waals surface area contributed by atoms with Gasteiger partial charge in [-0.05, 0) is 12.8 Å². The summed E-state index contributed by atoms with van der Waals surface area (Å²) in [5, 5.41) is 0.464. The highest BCUT2D eigenvalue weighted by atomic mass is 35.5. The molecular weight excluding hydrogens is 254 g/mol. The largest absolute Gasteiger partial charge is 0.377 e. The van der Waals surface area contributed by atoms with E-state index < -0.39 is 0 Å². The van der Waals surface area contributed by atoms with Gasteiger partial charge in [0.15, 0.2) is 5.82 Å². The minimum atomic E-state index is 0.336. The minimum Gasteiger partial charge on any atom is -0.377 e. The van der Waals surface area contributed by atoms with Gasteiger partial charge in [-0.2, -0.15) is 0 Å². The molecule has 0 N–H and O–H groups in total. The second kappa shape index (κ2) is 4.99. The second-order valence-electron chi connectivity index (χ2n) is 4.76. The zero-order valence-corrected chi connectivity index (χ0v) is 11.1. The third-order valence-electron chi connectivity index (χ3n) is 3.37. The Labute approximate surface area is 111 Å². The molecule has 0 spiro atoms. The Bertz CT molecular complexity index is 431. The Hall–Kier alpha value is -0.910. The normalized spacial score (nSPS) is 26.7. The standard InChI is InChI=1S/C12H16ClN3O2/c1-17-7-11-14-10(13)4-12(15-11)16-5-8-2-3-9(6-16)18-8/h4,8-9H,2-3,5-7H2,1H3. The molecule has 2 aliphatic heterocycles. The first-order chi connectivity index (χ1) is 8.74. The van der Waals surface area contributed by atoms with Crippen molar-refractivity contribution in [1.29, 1.82) is 0 Å². The lowest BCUT2D eigenvalue weighted by atomic mass is 10.2. The van der Waals surface area contributed by atoms with E-state index in [0.29, 0.717) is 29.8 Å². The molecule has 2 aliphatic rings. The predicted molar refractivity (Wildman–Crippen MR) is 67.9 cm³/mol. The Balaban J connectivity index is 1.82. The molecule has 2 saturated heterocycles. The van der Waals surface area contributed by atoms with Crippen LogP contribution in [0.1, 0.15) is 18.7 Å². The molecule has 1 aromatic heterocycles. The highest BCUT2D eigenvalue weighted by Crippen LogP contribution is 2.29. The molecule has 0 amide bonds. The number of fused-ring (bicyclic) bond motifs is 2. The number of anilines is 1. The summed E-state index contributed by atoms with van der Waals surface area (Å²) in [5.74, 6) is 1.50. The highest BCUT2D eigenvalue weighted by Gasteiger charge is 2.34. The van der Waals surface area contributed by atoms with Crippen LogP contribution in [0.4, 0.5) is 5.82 Å². The summed E-state index contributed by atoms with van der Waals surface area (Å²) < 4.78 is 10.9. The van der Waals surface area contributed by atoms with Crippen LogP contribution in [0.2, 0.25) is 5.15 Å². The number of halogens is 1. The number of morpholine rings is 1. The topological polar surface area (TPSA) is 47.5 Å². The van der Waals surface area contributed by atoms with E-state index in [4.69, 9.17) is 21.1 Å². The molecule has 0 aromatic carbocycles. The van der Waals surface area contributed by atoms with Gasteiger partial charge in [-0.1, -0.05) is 11.6 Å². The second-order valence-corrected chi connectivity index (χ2v) is 5.15. The predicted octanol–water partition coefficient (Wildman–Crippen LogP) is 1.64. The van der Waals surface area contributed by atoms with E-state index in [1.54, 1.807) is 7.11 Å². The average molecular weight is 270 g/mol. The maximum atomic E-state index is 6.03. The van der Waals surface area contributed by atoms with Crippen molar-refractivity contribution in [2.75, 3.05) is 25.1 Å². The van der Waals surface area contributed by atoms with Gasteiger partial charge < -0.3 is 14.4 Å². The lowest BCUT2D eigenvalue weighted by molar-refractivity contribution is 0.0302. The van der Waals surface area contributed by atoms with Crippen molar-refractivity contribution in [3.05, 3.63) is 17.0 Å². The molecule has 1 aromatic rings. The molecule has 3 rings (SSSR count). The maximum Gasteiger partial charge on any atom is 0.158 e. The molecule has 5 nitrogen and oxygen atoms in total. The van der Waals surface area contributed by atoms with Crippen LogP contribution in [-0.2, 0) is 16.1 Å². The summed E-state index contributed by atoms with van der Waals surface area (Å²) in [5.41, 5.74) is 0. The van der Waals surface area contributed by atoms with Gasteiger partial charge in [0, 0.05) is 26.3 Å². The molecule has 0 saturated carbocycles. The molecule has 3 heterocycles. The molecule has 2 unspecified atom stereocenters. The van der Waals surface area contributed by atoms with E-state index in [-0.39, 0.29) is 0 Å².